The molecule has 8 heteroatoms. The number of hydrogen-bond donors (Lipinski definition) is 1. The van der Waals surface area contributed by atoms with E-state index in [1.54, 1.807) is 24.0 Å². The SMILES string of the molecule is CCOC(=O)N1CCC(NS(=O)(=O)c2cccc(OC)c2)CC1. The molecule has 7 nitrogen and oxygen atoms in total. The summed E-state index contributed by atoms with van der Waals surface area (Å²) in [4.78, 5) is 13.4. The Bertz CT molecular complexity index is 639. The van der Waals surface area contributed by atoms with Crippen molar-refractivity contribution in [1.29, 1.82) is 0 Å². The molecule has 23 heavy (non-hydrogen) atoms. The zero-order valence-corrected chi connectivity index (χ0v) is 14.1. The third-order valence-electron chi connectivity index (χ3n) is 3.69. The minimum atomic E-state index is -3.61. The third-order valence-corrected chi connectivity index (χ3v) is 5.21. The van der Waals surface area contributed by atoms with Crippen molar-refractivity contribution in [3.63, 3.8) is 0 Å². The highest BCUT2D eigenvalue weighted by Crippen LogP contribution is 2.19. The molecule has 128 valence electrons. The van der Waals surface area contributed by atoms with E-state index in [2.05, 4.69) is 4.72 Å². The highest BCUT2D eigenvalue weighted by molar-refractivity contribution is 7.89. The Labute approximate surface area is 136 Å². The van der Waals surface area contributed by atoms with Gasteiger partial charge in [0.15, 0.2) is 0 Å². The van der Waals surface area contributed by atoms with Crippen molar-refractivity contribution in [2.24, 2.45) is 0 Å². The zero-order valence-electron chi connectivity index (χ0n) is 13.3. The van der Waals surface area contributed by atoms with E-state index in [9.17, 15) is 13.2 Å². The molecule has 1 aliphatic rings. The van der Waals surface area contributed by atoms with Crippen LogP contribution in [-0.2, 0) is 14.8 Å². The molecule has 2 rings (SSSR count). The summed E-state index contributed by atoms with van der Waals surface area (Å²) >= 11 is 0. The molecule has 1 heterocycles. The first kappa shape index (κ1) is 17.6. The van der Waals surface area contributed by atoms with Gasteiger partial charge in [0, 0.05) is 25.2 Å². The third kappa shape index (κ3) is 4.59. The Balaban J connectivity index is 1.96. The first-order valence-corrected chi connectivity index (χ1v) is 9.02. The van der Waals surface area contributed by atoms with Gasteiger partial charge in [0.1, 0.15) is 5.75 Å². The van der Waals surface area contributed by atoms with E-state index >= 15 is 0 Å². The van der Waals surface area contributed by atoms with Crippen molar-refractivity contribution in [2.45, 2.75) is 30.7 Å². The van der Waals surface area contributed by atoms with Crippen LogP contribution in [0.4, 0.5) is 4.79 Å². The summed E-state index contributed by atoms with van der Waals surface area (Å²) in [7, 11) is -2.11. The van der Waals surface area contributed by atoms with Crippen molar-refractivity contribution < 1.29 is 22.7 Å². The number of amides is 1. The maximum Gasteiger partial charge on any atom is 0.409 e. The molecule has 1 N–H and O–H groups in total. The van der Waals surface area contributed by atoms with Gasteiger partial charge < -0.3 is 14.4 Å². The molecule has 0 aliphatic carbocycles. The van der Waals surface area contributed by atoms with Gasteiger partial charge in [-0.05, 0) is 31.9 Å². The van der Waals surface area contributed by atoms with Crippen LogP contribution in [0.2, 0.25) is 0 Å². The van der Waals surface area contributed by atoms with Crippen molar-refractivity contribution in [1.82, 2.24) is 9.62 Å². The number of benzene rings is 1. The lowest BCUT2D eigenvalue weighted by atomic mass is 10.1. The molecule has 0 spiro atoms. The first-order valence-electron chi connectivity index (χ1n) is 7.54. The molecule has 0 unspecified atom stereocenters. The largest absolute Gasteiger partial charge is 0.497 e. The highest BCUT2D eigenvalue weighted by atomic mass is 32.2. The van der Waals surface area contributed by atoms with Crippen LogP contribution in [0.1, 0.15) is 19.8 Å². The molecule has 1 fully saturated rings. The predicted octanol–water partition coefficient (Wildman–Crippen LogP) is 1.59. The highest BCUT2D eigenvalue weighted by Gasteiger charge is 2.27. The number of methoxy groups -OCH3 is 1. The lowest BCUT2D eigenvalue weighted by Crippen LogP contribution is -2.46. The molecule has 0 atom stereocenters. The molecule has 1 aliphatic heterocycles. The Morgan fingerprint density at radius 2 is 2.04 bits per heavy atom. The standard InChI is InChI=1S/C15H22N2O5S/c1-3-22-15(18)17-9-7-12(8-10-17)16-23(19,20)14-6-4-5-13(11-14)21-2/h4-6,11-12,16H,3,7-10H2,1-2H3. The Morgan fingerprint density at radius 1 is 1.35 bits per heavy atom. The van der Waals surface area contributed by atoms with Crippen molar-refractivity contribution in [3.8, 4) is 5.75 Å². The van der Waals surface area contributed by atoms with Gasteiger partial charge in [0.05, 0.1) is 18.6 Å². The number of piperidine rings is 1. The summed E-state index contributed by atoms with van der Waals surface area (Å²) in [5, 5.41) is 0. The van der Waals surface area contributed by atoms with Gasteiger partial charge in [0.25, 0.3) is 0 Å². The molecule has 0 bridgehead atoms. The fourth-order valence-corrected chi connectivity index (χ4v) is 3.79. The second-order valence-corrected chi connectivity index (χ2v) is 6.97. The Kier molecular flexibility index (Phi) is 5.84. The van der Waals surface area contributed by atoms with E-state index in [0.717, 1.165) is 0 Å². The second kappa shape index (κ2) is 7.65. The summed E-state index contributed by atoms with van der Waals surface area (Å²) in [5.41, 5.74) is 0. The van der Waals surface area contributed by atoms with Crippen LogP contribution in [-0.4, -0.2) is 52.3 Å². The van der Waals surface area contributed by atoms with Gasteiger partial charge in [0.2, 0.25) is 10.0 Å². The van der Waals surface area contributed by atoms with E-state index in [1.807, 2.05) is 0 Å². The molecular weight excluding hydrogens is 320 g/mol. The maximum absolute atomic E-state index is 12.4. The number of carbonyl (C=O) groups is 1. The van der Waals surface area contributed by atoms with Crippen LogP contribution in [0.5, 0.6) is 5.75 Å². The molecule has 0 radical (unpaired) electrons. The first-order chi connectivity index (χ1) is 11.0. The zero-order chi connectivity index (χ0) is 16.9. The van der Waals surface area contributed by atoms with Gasteiger partial charge in [-0.25, -0.2) is 17.9 Å². The quantitative estimate of drug-likeness (QED) is 0.878. The number of nitrogens with zero attached hydrogens (tertiary/aromatic N) is 1. The lowest BCUT2D eigenvalue weighted by molar-refractivity contribution is 0.0966. The average Bonchev–Trinajstić information content (AvgIpc) is 2.55. The van der Waals surface area contributed by atoms with E-state index in [4.69, 9.17) is 9.47 Å². The average molecular weight is 342 g/mol. The monoisotopic (exact) mass is 342 g/mol. The predicted molar refractivity (Wildman–Crippen MR) is 84.9 cm³/mol. The van der Waals surface area contributed by atoms with Crippen LogP contribution in [0.3, 0.4) is 0 Å². The van der Waals surface area contributed by atoms with Gasteiger partial charge in [-0.15, -0.1) is 0 Å². The van der Waals surface area contributed by atoms with Crippen LogP contribution in [0, 0.1) is 0 Å². The minimum Gasteiger partial charge on any atom is -0.497 e. The summed E-state index contributed by atoms with van der Waals surface area (Å²) in [6, 6.07) is 6.14. The van der Waals surface area contributed by atoms with E-state index in [0.29, 0.717) is 38.3 Å². The fourth-order valence-electron chi connectivity index (χ4n) is 2.45. The normalized spacial score (nSPS) is 16.2. The van der Waals surface area contributed by atoms with Crippen LogP contribution in [0.15, 0.2) is 29.2 Å². The lowest BCUT2D eigenvalue weighted by Gasteiger charge is -2.31. The van der Waals surface area contributed by atoms with Crippen LogP contribution in [0.25, 0.3) is 0 Å². The number of likely N-dealkylation sites (tertiary alicyclic amines) is 1. The minimum absolute atomic E-state index is 0.171. The van der Waals surface area contributed by atoms with Gasteiger partial charge in [-0.1, -0.05) is 6.07 Å². The number of sulfonamides is 1. The van der Waals surface area contributed by atoms with Gasteiger partial charge in [-0.3, -0.25) is 0 Å². The fraction of sp³-hybridized carbons (Fsp3) is 0.533. The summed E-state index contributed by atoms with van der Waals surface area (Å²) in [6.45, 7) is 3.04. The number of ether oxygens (including phenoxy) is 2. The smallest absolute Gasteiger partial charge is 0.409 e. The van der Waals surface area contributed by atoms with Crippen molar-refractivity contribution in [2.75, 3.05) is 26.8 Å². The molecule has 1 amide bonds. The molecule has 1 saturated heterocycles. The topological polar surface area (TPSA) is 84.9 Å². The van der Waals surface area contributed by atoms with Crippen LogP contribution >= 0.6 is 0 Å². The van der Waals surface area contributed by atoms with Gasteiger partial charge in [-0.2, -0.15) is 0 Å². The molecular formula is C15H22N2O5S. The molecule has 1 aromatic carbocycles. The molecule has 0 aromatic heterocycles. The molecule has 0 saturated carbocycles. The summed E-state index contributed by atoms with van der Waals surface area (Å²) < 4.78 is 37.5. The number of nitrogens with one attached hydrogen (secondary N) is 1. The molecule has 1 aromatic rings. The van der Waals surface area contributed by atoms with E-state index in [1.165, 1.54) is 19.2 Å². The number of carbonyl (C=O) groups excluding carboxylic acids is 1. The van der Waals surface area contributed by atoms with Gasteiger partial charge >= 0.3 is 6.09 Å². The van der Waals surface area contributed by atoms with E-state index in [-0.39, 0.29) is 17.0 Å². The Morgan fingerprint density at radius 3 is 2.65 bits per heavy atom. The van der Waals surface area contributed by atoms with Crippen molar-refractivity contribution >= 4 is 16.1 Å². The number of rotatable bonds is 5. The second-order valence-electron chi connectivity index (χ2n) is 5.26. The maximum atomic E-state index is 12.4. The van der Waals surface area contributed by atoms with Crippen LogP contribution < -0.4 is 9.46 Å². The van der Waals surface area contributed by atoms with E-state index < -0.39 is 10.0 Å². The summed E-state index contributed by atoms with van der Waals surface area (Å²) in [5.74, 6) is 0.491. The van der Waals surface area contributed by atoms with Crippen molar-refractivity contribution in [3.05, 3.63) is 24.3 Å². The summed E-state index contributed by atoms with van der Waals surface area (Å²) in [6.07, 6.45) is 0.769. The Hall–Kier alpha value is -1.80. The number of hydrogen-bond acceptors (Lipinski definition) is 5.